The molecule has 0 amide bonds. The third-order valence-electron chi connectivity index (χ3n) is 3.06. The van der Waals surface area contributed by atoms with E-state index in [4.69, 9.17) is 0 Å². The molecule has 0 aromatic rings. The van der Waals surface area contributed by atoms with Gasteiger partial charge in [0.1, 0.15) is 0 Å². The van der Waals surface area contributed by atoms with Gasteiger partial charge in [0.15, 0.2) is 0 Å². The molecule has 0 heterocycles. The highest BCUT2D eigenvalue weighted by molar-refractivity contribution is 5.41. The molecule has 0 aromatic heterocycles. The van der Waals surface area contributed by atoms with Crippen molar-refractivity contribution in [1.82, 2.24) is 0 Å². The van der Waals surface area contributed by atoms with Gasteiger partial charge in [0, 0.05) is 0 Å². The molecular formula is C13H22. The lowest BCUT2D eigenvalue weighted by Crippen LogP contribution is -2.04. The van der Waals surface area contributed by atoms with Crippen molar-refractivity contribution in [3.8, 4) is 0 Å². The molecule has 1 aliphatic rings. The van der Waals surface area contributed by atoms with Crippen LogP contribution in [0.4, 0.5) is 0 Å². The van der Waals surface area contributed by atoms with Crippen LogP contribution in [-0.2, 0) is 0 Å². The highest BCUT2D eigenvalue weighted by Crippen LogP contribution is 2.37. The van der Waals surface area contributed by atoms with Crippen LogP contribution in [0.2, 0.25) is 0 Å². The van der Waals surface area contributed by atoms with E-state index in [1.165, 1.54) is 12.8 Å². The monoisotopic (exact) mass is 178 g/mol. The number of allylic oxidation sites excluding steroid dienone is 4. The van der Waals surface area contributed by atoms with Gasteiger partial charge in [0.2, 0.25) is 0 Å². The van der Waals surface area contributed by atoms with Gasteiger partial charge < -0.3 is 0 Å². The standard InChI is InChI=1S/C13H22/c1-6-7-12-8-10(4)11(5)13(12)9(2)3/h8-9,11H,6-7H2,1-5H3. The smallest absolute Gasteiger partial charge is 0.00126 e. The Labute approximate surface area is 82.7 Å². The van der Waals surface area contributed by atoms with E-state index in [1.807, 2.05) is 0 Å². The zero-order chi connectivity index (χ0) is 10.0. The summed E-state index contributed by atoms with van der Waals surface area (Å²) in [6.07, 6.45) is 4.93. The predicted octanol–water partition coefficient (Wildman–Crippen LogP) is 4.34. The van der Waals surface area contributed by atoms with Crippen LogP contribution < -0.4 is 0 Å². The second kappa shape index (κ2) is 4.13. The van der Waals surface area contributed by atoms with E-state index in [9.17, 15) is 0 Å². The molecule has 1 unspecified atom stereocenters. The molecule has 1 rings (SSSR count). The fourth-order valence-electron chi connectivity index (χ4n) is 2.36. The minimum atomic E-state index is 0.696. The summed E-state index contributed by atoms with van der Waals surface area (Å²) in [6, 6.07) is 0. The van der Waals surface area contributed by atoms with Gasteiger partial charge in [0.05, 0.1) is 0 Å². The average Bonchev–Trinajstić information content (AvgIpc) is 2.28. The molecule has 0 aliphatic heterocycles. The Kier molecular flexibility index (Phi) is 3.35. The molecule has 0 nitrogen and oxygen atoms in total. The van der Waals surface area contributed by atoms with Crippen molar-refractivity contribution in [1.29, 1.82) is 0 Å². The maximum Gasteiger partial charge on any atom is -0.00126 e. The molecule has 13 heavy (non-hydrogen) atoms. The van der Waals surface area contributed by atoms with Crippen LogP contribution in [0.1, 0.15) is 47.5 Å². The Morgan fingerprint density at radius 1 is 1.38 bits per heavy atom. The van der Waals surface area contributed by atoms with Gasteiger partial charge in [-0.1, -0.05) is 51.3 Å². The van der Waals surface area contributed by atoms with Crippen LogP contribution in [0.3, 0.4) is 0 Å². The maximum absolute atomic E-state index is 2.41. The Balaban J connectivity index is 2.91. The maximum atomic E-state index is 2.41. The summed E-state index contributed by atoms with van der Waals surface area (Å²) in [4.78, 5) is 0. The topological polar surface area (TPSA) is 0 Å². The van der Waals surface area contributed by atoms with Crippen molar-refractivity contribution < 1.29 is 0 Å². The number of rotatable bonds is 3. The Morgan fingerprint density at radius 2 is 2.00 bits per heavy atom. The summed E-state index contributed by atoms with van der Waals surface area (Å²) >= 11 is 0. The summed E-state index contributed by atoms with van der Waals surface area (Å²) in [5.74, 6) is 1.41. The minimum Gasteiger partial charge on any atom is -0.0661 e. The number of hydrogen-bond donors (Lipinski definition) is 0. The molecule has 0 N–H and O–H groups in total. The number of hydrogen-bond acceptors (Lipinski definition) is 0. The van der Waals surface area contributed by atoms with Gasteiger partial charge in [-0.2, -0.15) is 0 Å². The molecule has 1 aliphatic carbocycles. The first-order chi connectivity index (χ1) is 6.07. The average molecular weight is 178 g/mol. The van der Waals surface area contributed by atoms with Crippen molar-refractivity contribution in [2.75, 3.05) is 0 Å². The lowest BCUT2D eigenvalue weighted by Gasteiger charge is -2.17. The molecule has 0 spiro atoms. The van der Waals surface area contributed by atoms with E-state index < -0.39 is 0 Å². The Morgan fingerprint density at radius 3 is 2.46 bits per heavy atom. The molecular weight excluding hydrogens is 156 g/mol. The summed E-state index contributed by atoms with van der Waals surface area (Å²) in [7, 11) is 0. The van der Waals surface area contributed by atoms with E-state index in [2.05, 4.69) is 40.7 Å². The molecule has 0 saturated carbocycles. The van der Waals surface area contributed by atoms with Gasteiger partial charge >= 0.3 is 0 Å². The molecule has 74 valence electrons. The predicted molar refractivity (Wildman–Crippen MR) is 59.7 cm³/mol. The van der Waals surface area contributed by atoms with Crippen LogP contribution in [0.15, 0.2) is 22.8 Å². The summed E-state index contributed by atoms with van der Waals surface area (Å²) in [5.41, 5.74) is 4.84. The molecule has 0 fully saturated rings. The van der Waals surface area contributed by atoms with Gasteiger partial charge in [-0.05, 0) is 30.8 Å². The van der Waals surface area contributed by atoms with Crippen LogP contribution in [-0.4, -0.2) is 0 Å². The summed E-state index contributed by atoms with van der Waals surface area (Å²) in [6.45, 7) is 11.5. The lowest BCUT2D eigenvalue weighted by atomic mass is 9.88. The second-order valence-corrected chi connectivity index (χ2v) is 4.50. The lowest BCUT2D eigenvalue weighted by molar-refractivity contribution is 0.644. The molecule has 0 radical (unpaired) electrons. The Hall–Kier alpha value is -0.520. The van der Waals surface area contributed by atoms with Crippen LogP contribution in [0.5, 0.6) is 0 Å². The van der Waals surface area contributed by atoms with Crippen LogP contribution in [0.25, 0.3) is 0 Å². The van der Waals surface area contributed by atoms with Crippen molar-refractivity contribution in [3.05, 3.63) is 22.8 Å². The van der Waals surface area contributed by atoms with E-state index in [1.54, 1.807) is 16.7 Å². The molecule has 1 atom stereocenters. The van der Waals surface area contributed by atoms with Crippen LogP contribution in [0, 0.1) is 11.8 Å². The van der Waals surface area contributed by atoms with E-state index in [0.29, 0.717) is 11.8 Å². The summed E-state index contributed by atoms with van der Waals surface area (Å²) < 4.78 is 0. The highest BCUT2D eigenvalue weighted by atomic mass is 14.3. The van der Waals surface area contributed by atoms with E-state index in [0.717, 1.165) is 0 Å². The van der Waals surface area contributed by atoms with Crippen LogP contribution >= 0.6 is 0 Å². The normalized spacial score (nSPS) is 22.9. The van der Waals surface area contributed by atoms with Crippen molar-refractivity contribution >= 4 is 0 Å². The first-order valence-corrected chi connectivity index (χ1v) is 5.49. The van der Waals surface area contributed by atoms with Gasteiger partial charge in [-0.15, -0.1) is 0 Å². The fraction of sp³-hybridized carbons (Fsp3) is 0.692. The minimum absolute atomic E-state index is 0.696. The van der Waals surface area contributed by atoms with Gasteiger partial charge in [0.25, 0.3) is 0 Å². The third-order valence-corrected chi connectivity index (χ3v) is 3.06. The van der Waals surface area contributed by atoms with Gasteiger partial charge in [-0.25, -0.2) is 0 Å². The Bertz CT molecular complexity index is 241. The van der Waals surface area contributed by atoms with E-state index >= 15 is 0 Å². The largest absolute Gasteiger partial charge is 0.0661 e. The second-order valence-electron chi connectivity index (χ2n) is 4.50. The van der Waals surface area contributed by atoms with Gasteiger partial charge in [-0.3, -0.25) is 0 Å². The SMILES string of the molecule is CCCC1=C(C(C)C)C(C)C(C)=C1. The molecule has 0 aromatic carbocycles. The van der Waals surface area contributed by atoms with E-state index in [-0.39, 0.29) is 0 Å². The zero-order valence-corrected chi connectivity index (χ0v) is 9.65. The first kappa shape index (κ1) is 10.6. The quantitative estimate of drug-likeness (QED) is 0.603. The highest BCUT2D eigenvalue weighted by Gasteiger charge is 2.22. The zero-order valence-electron chi connectivity index (χ0n) is 9.65. The summed E-state index contributed by atoms with van der Waals surface area (Å²) in [5, 5.41) is 0. The van der Waals surface area contributed by atoms with Crippen molar-refractivity contribution in [2.24, 2.45) is 11.8 Å². The van der Waals surface area contributed by atoms with Crippen molar-refractivity contribution in [2.45, 2.75) is 47.5 Å². The third kappa shape index (κ3) is 2.04. The fourth-order valence-corrected chi connectivity index (χ4v) is 2.36. The first-order valence-electron chi connectivity index (χ1n) is 5.49. The molecule has 0 heteroatoms. The van der Waals surface area contributed by atoms with Crippen molar-refractivity contribution in [3.63, 3.8) is 0 Å². The molecule has 0 bridgehead atoms. The molecule has 0 saturated heterocycles.